The summed E-state index contributed by atoms with van der Waals surface area (Å²) in [7, 11) is 0. The number of hydrogen-bond donors (Lipinski definition) is 0. The maximum atomic E-state index is 3.25. The third-order valence-corrected chi connectivity index (χ3v) is 2.57. The predicted octanol–water partition coefficient (Wildman–Crippen LogP) is 3.79. The van der Waals surface area contributed by atoms with Gasteiger partial charge in [0.25, 0.3) is 0 Å². The van der Waals surface area contributed by atoms with Crippen LogP contribution in [0.5, 0.6) is 0 Å². The molecule has 74 valence electrons. The van der Waals surface area contributed by atoms with Gasteiger partial charge in [0.15, 0.2) is 0 Å². The van der Waals surface area contributed by atoms with Gasteiger partial charge in [-0.05, 0) is 0 Å². The van der Waals surface area contributed by atoms with Crippen LogP contribution in [0.2, 0.25) is 0 Å². The molecular formula is C14H14U. The summed E-state index contributed by atoms with van der Waals surface area (Å²) in [6, 6.07) is 13.0. The monoisotopic (exact) mass is 420 g/mol. The van der Waals surface area contributed by atoms with E-state index >= 15 is 0 Å². The van der Waals surface area contributed by atoms with E-state index in [0.29, 0.717) is 0 Å². The molecule has 2 aromatic carbocycles. The van der Waals surface area contributed by atoms with Crippen LogP contribution in [0.4, 0.5) is 0 Å². The fourth-order valence-corrected chi connectivity index (χ4v) is 2.01. The second-order valence-corrected chi connectivity index (χ2v) is 3.27. The van der Waals surface area contributed by atoms with E-state index in [4.69, 9.17) is 0 Å². The van der Waals surface area contributed by atoms with Crippen molar-refractivity contribution in [3.8, 4) is 0 Å². The molecule has 0 amide bonds. The van der Waals surface area contributed by atoms with E-state index in [1.54, 1.807) is 6.92 Å². The Morgan fingerprint density at radius 2 is 1.73 bits per heavy atom. The normalized spacial score (nSPS) is 11.1. The van der Waals surface area contributed by atoms with Gasteiger partial charge in [-0.15, -0.1) is 17.0 Å². The number of hydrogen-bond acceptors (Lipinski definition) is 0. The Morgan fingerprint density at radius 3 is 2.47 bits per heavy atom. The fourth-order valence-electron chi connectivity index (χ4n) is 2.01. The minimum atomic E-state index is 0. The zero-order chi connectivity index (χ0) is 9.97. The SMILES string of the molecule is [CH2-]C.[U+2].c1cc2c3c(cccc3c1)C[CH-]2. The molecule has 1 aliphatic rings. The largest absolute Gasteiger partial charge is 2.00 e. The summed E-state index contributed by atoms with van der Waals surface area (Å²) in [6.45, 7) is 5.00. The number of benzene rings is 2. The zero-order valence-corrected chi connectivity index (χ0v) is 13.1. The summed E-state index contributed by atoms with van der Waals surface area (Å²) in [4.78, 5) is 0. The molecule has 0 unspecified atom stereocenters. The Morgan fingerprint density at radius 1 is 1.07 bits per heavy atom. The van der Waals surface area contributed by atoms with Gasteiger partial charge in [-0.2, -0.15) is 25.0 Å². The van der Waals surface area contributed by atoms with Crippen molar-refractivity contribution in [2.24, 2.45) is 0 Å². The molecule has 0 N–H and O–H groups in total. The summed E-state index contributed by atoms with van der Waals surface area (Å²) >= 11 is 0. The van der Waals surface area contributed by atoms with Gasteiger partial charge in [0.2, 0.25) is 0 Å². The molecule has 1 aliphatic carbocycles. The van der Waals surface area contributed by atoms with Crippen molar-refractivity contribution >= 4 is 10.8 Å². The van der Waals surface area contributed by atoms with E-state index in [0.717, 1.165) is 6.42 Å². The second kappa shape index (κ2) is 5.64. The van der Waals surface area contributed by atoms with Gasteiger partial charge in [-0.1, -0.05) is 36.1 Å². The van der Waals surface area contributed by atoms with Crippen molar-refractivity contribution in [3.63, 3.8) is 0 Å². The Balaban J connectivity index is 0.000000356. The molecular weight excluding hydrogens is 406 g/mol. The predicted molar refractivity (Wildman–Crippen MR) is 62.1 cm³/mol. The van der Waals surface area contributed by atoms with E-state index < -0.39 is 0 Å². The van der Waals surface area contributed by atoms with Gasteiger partial charge in [0.05, 0.1) is 0 Å². The Labute approximate surface area is 115 Å². The maximum absolute atomic E-state index is 3.25. The van der Waals surface area contributed by atoms with Crippen LogP contribution in [0.1, 0.15) is 18.1 Å². The van der Waals surface area contributed by atoms with Crippen LogP contribution >= 0.6 is 0 Å². The van der Waals surface area contributed by atoms with Crippen molar-refractivity contribution in [2.45, 2.75) is 13.3 Å². The second-order valence-electron chi connectivity index (χ2n) is 3.27. The average Bonchev–Trinajstić information content (AvgIpc) is 2.68. The summed E-state index contributed by atoms with van der Waals surface area (Å²) in [5.41, 5.74) is 2.88. The smallest absolute Gasteiger partial charge is 0.346 e. The molecule has 0 atom stereocenters. The van der Waals surface area contributed by atoms with Crippen LogP contribution < -0.4 is 0 Å². The van der Waals surface area contributed by atoms with Crippen molar-refractivity contribution in [3.05, 3.63) is 60.9 Å². The standard InChI is InChI=1S/C12H9.C2H5.U/c1-3-9-4-2-6-11-8-7-10(5-1)12(9)11;1-2;/h1-7H,8H2;1H2,2H3;/q2*-1;+2. The number of rotatable bonds is 0. The summed E-state index contributed by atoms with van der Waals surface area (Å²) in [5, 5.41) is 2.83. The molecule has 0 saturated carbocycles. The van der Waals surface area contributed by atoms with Crippen molar-refractivity contribution < 1.29 is 31.1 Å². The molecule has 1 heteroatoms. The van der Waals surface area contributed by atoms with Crippen LogP contribution in [0, 0.1) is 44.5 Å². The van der Waals surface area contributed by atoms with Gasteiger partial charge in [0, 0.05) is 0 Å². The summed E-state index contributed by atoms with van der Waals surface area (Å²) in [6.07, 6.45) is 3.41. The van der Waals surface area contributed by atoms with Gasteiger partial charge in [-0.25, -0.2) is 0 Å². The van der Waals surface area contributed by atoms with Gasteiger partial charge in [-0.3, -0.25) is 0 Å². The molecule has 0 aromatic heterocycles. The Hall–Kier alpha value is -0.378. The minimum absolute atomic E-state index is 0. The molecule has 0 radical (unpaired) electrons. The topological polar surface area (TPSA) is 0 Å². The van der Waals surface area contributed by atoms with E-state index in [9.17, 15) is 0 Å². The third kappa shape index (κ3) is 2.25. The van der Waals surface area contributed by atoms with Crippen molar-refractivity contribution in [2.75, 3.05) is 0 Å². The molecule has 0 fully saturated rings. The molecule has 15 heavy (non-hydrogen) atoms. The first-order chi connectivity index (χ1) is 6.95. The minimum Gasteiger partial charge on any atom is -0.346 e. The molecule has 0 heterocycles. The Bertz CT molecular complexity index is 407. The van der Waals surface area contributed by atoms with Crippen LogP contribution in [-0.2, 0) is 6.42 Å². The van der Waals surface area contributed by atoms with E-state index in [-0.39, 0.29) is 31.1 Å². The molecule has 0 bridgehead atoms. The molecule has 3 rings (SSSR count). The zero-order valence-electron chi connectivity index (χ0n) is 8.96. The van der Waals surface area contributed by atoms with E-state index in [1.807, 2.05) is 0 Å². The van der Waals surface area contributed by atoms with Crippen LogP contribution in [0.25, 0.3) is 10.8 Å². The molecule has 0 aliphatic heterocycles. The van der Waals surface area contributed by atoms with Gasteiger partial charge in [0.1, 0.15) is 0 Å². The Kier molecular flexibility index (Phi) is 4.77. The summed E-state index contributed by atoms with van der Waals surface area (Å²) in [5.74, 6) is 0. The first-order valence-corrected chi connectivity index (χ1v) is 5.00. The average molecular weight is 420 g/mol. The molecule has 2 aromatic rings. The first kappa shape index (κ1) is 12.7. The van der Waals surface area contributed by atoms with E-state index in [1.165, 1.54) is 21.9 Å². The van der Waals surface area contributed by atoms with Crippen LogP contribution in [-0.4, -0.2) is 0 Å². The van der Waals surface area contributed by atoms with Crippen LogP contribution in [0.3, 0.4) is 0 Å². The fraction of sp³-hybridized carbons (Fsp3) is 0.143. The third-order valence-electron chi connectivity index (χ3n) is 2.57. The molecule has 0 nitrogen and oxygen atoms in total. The van der Waals surface area contributed by atoms with E-state index in [2.05, 4.69) is 49.7 Å². The quantitative estimate of drug-likeness (QED) is 0.569. The maximum Gasteiger partial charge on any atom is 2.00 e. The molecule has 0 spiro atoms. The van der Waals surface area contributed by atoms with Gasteiger partial charge >= 0.3 is 31.1 Å². The van der Waals surface area contributed by atoms with Crippen molar-refractivity contribution in [1.82, 2.24) is 0 Å². The molecule has 0 saturated heterocycles. The van der Waals surface area contributed by atoms with Gasteiger partial charge < -0.3 is 6.92 Å². The van der Waals surface area contributed by atoms with Crippen molar-refractivity contribution in [1.29, 1.82) is 0 Å². The first-order valence-electron chi connectivity index (χ1n) is 5.00. The summed E-state index contributed by atoms with van der Waals surface area (Å²) < 4.78 is 0. The van der Waals surface area contributed by atoms with Crippen LogP contribution in [0.15, 0.2) is 36.4 Å².